The van der Waals surface area contributed by atoms with Gasteiger partial charge in [-0.3, -0.25) is 4.79 Å². The van der Waals surface area contributed by atoms with Crippen LogP contribution in [0.4, 0.5) is 0 Å². The molecule has 0 radical (unpaired) electrons. The van der Waals surface area contributed by atoms with Crippen LogP contribution in [-0.2, 0) is 11.2 Å². The maximum atomic E-state index is 11.8. The summed E-state index contributed by atoms with van der Waals surface area (Å²) >= 11 is 2.88. The van der Waals surface area contributed by atoms with Gasteiger partial charge in [0.2, 0.25) is 5.89 Å². The van der Waals surface area contributed by atoms with Gasteiger partial charge in [-0.2, -0.15) is 0 Å². The van der Waals surface area contributed by atoms with Gasteiger partial charge in [-0.25, -0.2) is 4.98 Å². The first-order valence-electron chi connectivity index (χ1n) is 6.24. The predicted octanol–water partition coefficient (Wildman–Crippen LogP) is 3.13. The first-order valence-corrected chi connectivity index (χ1v) is 8.10. The molecule has 108 valence electrons. The van der Waals surface area contributed by atoms with Crippen LogP contribution >= 0.6 is 23.1 Å². The van der Waals surface area contributed by atoms with E-state index >= 15 is 0 Å². The van der Waals surface area contributed by atoms with Crippen LogP contribution in [0.25, 0.3) is 0 Å². The summed E-state index contributed by atoms with van der Waals surface area (Å²) in [6.07, 6.45) is 0.533. The van der Waals surface area contributed by atoms with Crippen LogP contribution in [0.2, 0.25) is 0 Å². The van der Waals surface area contributed by atoms with Crippen molar-refractivity contribution in [3.05, 3.63) is 22.0 Å². The summed E-state index contributed by atoms with van der Waals surface area (Å²) in [6, 6.07) is 0. The summed E-state index contributed by atoms with van der Waals surface area (Å²) in [4.78, 5) is 16.2. The van der Waals surface area contributed by atoms with Crippen molar-refractivity contribution in [1.82, 2.24) is 15.2 Å². The SMILES string of the molecule is Cc1nc(Cc2nnc(SCC(=O)C(C)(C)C)o2)cs1. The van der Waals surface area contributed by atoms with Crippen LogP contribution in [0, 0.1) is 12.3 Å². The molecule has 0 aliphatic carbocycles. The van der Waals surface area contributed by atoms with E-state index in [4.69, 9.17) is 4.42 Å². The third kappa shape index (κ3) is 4.14. The second-order valence-corrected chi connectivity index (χ2v) is 7.45. The van der Waals surface area contributed by atoms with Crippen LogP contribution in [0.3, 0.4) is 0 Å². The highest BCUT2D eigenvalue weighted by Gasteiger charge is 2.22. The van der Waals surface area contributed by atoms with Gasteiger partial charge in [0.25, 0.3) is 5.22 Å². The number of nitrogens with zero attached hydrogens (tertiary/aromatic N) is 3. The summed E-state index contributed by atoms with van der Waals surface area (Å²) in [5, 5.41) is 11.4. The molecule has 20 heavy (non-hydrogen) atoms. The molecule has 0 spiro atoms. The zero-order valence-corrected chi connectivity index (χ0v) is 13.6. The second-order valence-electron chi connectivity index (χ2n) is 5.46. The summed E-state index contributed by atoms with van der Waals surface area (Å²) < 4.78 is 5.51. The quantitative estimate of drug-likeness (QED) is 0.790. The Kier molecular flexibility index (Phi) is 4.59. The minimum atomic E-state index is -0.339. The Balaban J connectivity index is 1.91. The molecule has 0 saturated heterocycles. The van der Waals surface area contributed by atoms with Crippen molar-refractivity contribution in [2.75, 3.05) is 5.75 Å². The zero-order valence-electron chi connectivity index (χ0n) is 12.0. The molecule has 0 N–H and O–H groups in total. The third-order valence-corrected chi connectivity index (χ3v) is 4.25. The van der Waals surface area contributed by atoms with E-state index in [2.05, 4.69) is 15.2 Å². The van der Waals surface area contributed by atoms with Gasteiger partial charge < -0.3 is 4.42 Å². The highest BCUT2D eigenvalue weighted by Crippen LogP contribution is 2.23. The molecule has 0 atom stereocenters. The first kappa shape index (κ1) is 15.2. The number of ketones is 1. The molecule has 0 aliphatic rings. The molecule has 7 heteroatoms. The molecular formula is C13H17N3O2S2. The highest BCUT2D eigenvalue weighted by atomic mass is 32.2. The van der Waals surface area contributed by atoms with E-state index < -0.39 is 0 Å². The lowest BCUT2D eigenvalue weighted by Crippen LogP contribution is -2.21. The molecule has 0 aromatic carbocycles. The minimum Gasteiger partial charge on any atom is -0.416 e. The van der Waals surface area contributed by atoms with Gasteiger partial charge in [-0.1, -0.05) is 32.5 Å². The number of hydrogen-bond donors (Lipinski definition) is 0. The molecule has 0 fully saturated rings. The van der Waals surface area contributed by atoms with Crippen LogP contribution in [-0.4, -0.2) is 26.7 Å². The van der Waals surface area contributed by atoms with Gasteiger partial charge in [-0.05, 0) is 6.92 Å². The Morgan fingerprint density at radius 2 is 2.15 bits per heavy atom. The lowest BCUT2D eigenvalue weighted by molar-refractivity contribution is -0.123. The number of thioether (sulfide) groups is 1. The second kappa shape index (κ2) is 6.05. The van der Waals surface area contributed by atoms with E-state index in [1.807, 2.05) is 33.1 Å². The molecule has 2 rings (SSSR count). The Labute approximate surface area is 126 Å². The Hall–Kier alpha value is -1.21. The van der Waals surface area contributed by atoms with Crippen LogP contribution in [0.5, 0.6) is 0 Å². The molecule has 0 aliphatic heterocycles. The van der Waals surface area contributed by atoms with Crippen molar-refractivity contribution in [3.8, 4) is 0 Å². The van der Waals surface area contributed by atoms with Crippen LogP contribution in [0.15, 0.2) is 15.0 Å². The van der Waals surface area contributed by atoms with E-state index in [0.29, 0.717) is 23.3 Å². The topological polar surface area (TPSA) is 68.9 Å². The van der Waals surface area contributed by atoms with E-state index in [1.165, 1.54) is 11.8 Å². The smallest absolute Gasteiger partial charge is 0.277 e. The lowest BCUT2D eigenvalue weighted by Gasteiger charge is -2.14. The number of hydrogen-bond acceptors (Lipinski definition) is 7. The normalized spacial score (nSPS) is 11.8. The minimum absolute atomic E-state index is 0.164. The molecule has 0 bridgehead atoms. The van der Waals surface area contributed by atoms with E-state index in [-0.39, 0.29) is 11.2 Å². The van der Waals surface area contributed by atoms with Crippen molar-refractivity contribution in [2.24, 2.45) is 5.41 Å². The summed E-state index contributed by atoms with van der Waals surface area (Å²) in [5.74, 6) is 1.04. The maximum absolute atomic E-state index is 11.8. The molecule has 2 aromatic heterocycles. The predicted molar refractivity (Wildman–Crippen MR) is 79.1 cm³/mol. The van der Waals surface area contributed by atoms with Gasteiger partial charge >= 0.3 is 0 Å². The maximum Gasteiger partial charge on any atom is 0.277 e. The fourth-order valence-corrected chi connectivity index (χ4v) is 2.91. The van der Waals surface area contributed by atoms with Crippen LogP contribution < -0.4 is 0 Å². The third-order valence-electron chi connectivity index (χ3n) is 2.61. The summed E-state index contributed by atoms with van der Waals surface area (Å²) in [5.41, 5.74) is 0.590. The number of carbonyl (C=O) groups is 1. The van der Waals surface area contributed by atoms with E-state index in [9.17, 15) is 4.79 Å². The Morgan fingerprint density at radius 1 is 1.40 bits per heavy atom. The van der Waals surface area contributed by atoms with E-state index in [1.54, 1.807) is 11.3 Å². The van der Waals surface area contributed by atoms with Crippen molar-refractivity contribution in [1.29, 1.82) is 0 Å². The largest absolute Gasteiger partial charge is 0.416 e. The van der Waals surface area contributed by atoms with Crippen molar-refractivity contribution >= 4 is 28.9 Å². The zero-order chi connectivity index (χ0) is 14.8. The van der Waals surface area contributed by atoms with Gasteiger partial charge in [0.15, 0.2) is 0 Å². The molecule has 5 nitrogen and oxygen atoms in total. The van der Waals surface area contributed by atoms with Crippen LogP contribution in [0.1, 0.15) is 37.4 Å². The Bertz CT molecular complexity index is 599. The number of aryl methyl sites for hydroxylation is 1. The molecule has 2 aromatic rings. The average Bonchev–Trinajstić information content (AvgIpc) is 2.95. The molecule has 0 amide bonds. The lowest BCUT2D eigenvalue weighted by atomic mass is 9.92. The Morgan fingerprint density at radius 3 is 2.75 bits per heavy atom. The first-order chi connectivity index (χ1) is 9.34. The number of Topliss-reactive ketones (excluding diaryl/α,β-unsaturated/α-hetero) is 1. The fraction of sp³-hybridized carbons (Fsp3) is 0.538. The van der Waals surface area contributed by atoms with Gasteiger partial charge in [0.1, 0.15) is 5.78 Å². The molecule has 2 heterocycles. The molecule has 0 unspecified atom stereocenters. The average molecular weight is 311 g/mol. The van der Waals surface area contributed by atoms with Crippen molar-refractivity contribution in [2.45, 2.75) is 39.3 Å². The van der Waals surface area contributed by atoms with Crippen molar-refractivity contribution in [3.63, 3.8) is 0 Å². The standard InChI is InChI=1S/C13H17N3O2S2/c1-8-14-9(6-19-8)5-11-15-16-12(18-11)20-7-10(17)13(2,3)4/h6H,5,7H2,1-4H3. The molecular weight excluding hydrogens is 294 g/mol. The van der Waals surface area contributed by atoms with E-state index in [0.717, 1.165) is 10.7 Å². The highest BCUT2D eigenvalue weighted by molar-refractivity contribution is 7.99. The summed E-state index contributed by atoms with van der Waals surface area (Å²) in [7, 11) is 0. The van der Waals surface area contributed by atoms with Gasteiger partial charge in [0.05, 0.1) is 22.9 Å². The summed E-state index contributed by atoms with van der Waals surface area (Å²) in [6.45, 7) is 7.67. The monoisotopic (exact) mass is 311 g/mol. The number of thiazole rings is 1. The number of rotatable bonds is 5. The van der Waals surface area contributed by atoms with Gasteiger partial charge in [-0.15, -0.1) is 21.5 Å². The number of aromatic nitrogens is 3. The molecule has 0 saturated carbocycles. The fourth-order valence-electron chi connectivity index (χ4n) is 1.36. The number of carbonyl (C=O) groups excluding carboxylic acids is 1. The van der Waals surface area contributed by atoms with Gasteiger partial charge in [0, 0.05) is 10.8 Å². The van der Waals surface area contributed by atoms with Crippen molar-refractivity contribution < 1.29 is 9.21 Å².